The maximum Gasteiger partial charge on any atom is 0.271 e. The van der Waals surface area contributed by atoms with Crippen molar-refractivity contribution in [3.05, 3.63) is 84.3 Å². The smallest absolute Gasteiger partial charge is 0.271 e. The molecule has 0 aliphatic carbocycles. The number of nitrogens with one attached hydrogen (secondary N) is 3. The summed E-state index contributed by atoms with van der Waals surface area (Å²) in [4.78, 5) is 28.0. The van der Waals surface area contributed by atoms with E-state index in [1.807, 2.05) is 30.3 Å². The zero-order valence-electron chi connectivity index (χ0n) is 13.6. The second-order valence-electron chi connectivity index (χ2n) is 5.62. The van der Waals surface area contributed by atoms with Crippen molar-refractivity contribution in [1.82, 2.24) is 25.6 Å². The maximum absolute atomic E-state index is 12.5. The van der Waals surface area contributed by atoms with Crippen molar-refractivity contribution in [3.63, 3.8) is 0 Å². The largest absolute Gasteiger partial charge is 0.360 e. The summed E-state index contributed by atoms with van der Waals surface area (Å²) in [5.74, 6) is -0.823. The van der Waals surface area contributed by atoms with Gasteiger partial charge in [0.25, 0.3) is 11.8 Å². The maximum atomic E-state index is 12.5. The molecule has 0 fully saturated rings. The number of nitrogens with zero attached hydrogens (tertiary/aromatic N) is 2. The summed E-state index contributed by atoms with van der Waals surface area (Å²) in [6.45, 7) is 0. The first-order chi connectivity index (χ1) is 12.7. The molecular weight excluding hydrogens is 330 g/mol. The highest BCUT2D eigenvalue weighted by molar-refractivity contribution is 6.08. The number of aromatic nitrogens is 3. The van der Waals surface area contributed by atoms with Crippen LogP contribution < -0.4 is 10.9 Å². The van der Waals surface area contributed by atoms with Gasteiger partial charge in [0.05, 0.1) is 16.8 Å². The molecule has 4 rings (SSSR count). The van der Waals surface area contributed by atoms with E-state index in [9.17, 15) is 9.59 Å². The van der Waals surface area contributed by atoms with Crippen LogP contribution in [0.25, 0.3) is 16.6 Å². The van der Waals surface area contributed by atoms with Crippen molar-refractivity contribution < 1.29 is 9.59 Å². The Kier molecular flexibility index (Phi) is 3.95. The summed E-state index contributed by atoms with van der Waals surface area (Å²) in [5.41, 5.74) is 7.25. The van der Waals surface area contributed by atoms with Crippen molar-refractivity contribution in [2.24, 2.45) is 0 Å². The van der Waals surface area contributed by atoms with E-state index < -0.39 is 11.8 Å². The molecule has 0 spiro atoms. The van der Waals surface area contributed by atoms with Crippen LogP contribution in [-0.2, 0) is 0 Å². The first-order valence-corrected chi connectivity index (χ1v) is 8.00. The predicted molar refractivity (Wildman–Crippen MR) is 96.8 cm³/mol. The van der Waals surface area contributed by atoms with Crippen LogP contribution in [0.15, 0.2) is 73.2 Å². The predicted octanol–water partition coefficient (Wildman–Crippen LogP) is 2.43. The Balaban J connectivity index is 1.52. The molecular formula is C19H15N5O2. The van der Waals surface area contributed by atoms with Crippen molar-refractivity contribution in [3.8, 4) is 5.69 Å². The van der Waals surface area contributed by atoms with Gasteiger partial charge >= 0.3 is 0 Å². The number of rotatable bonds is 3. The number of benzene rings is 2. The van der Waals surface area contributed by atoms with Crippen molar-refractivity contribution >= 4 is 22.7 Å². The molecule has 0 saturated heterocycles. The average Bonchev–Trinajstić information content (AvgIpc) is 3.35. The van der Waals surface area contributed by atoms with Crippen LogP contribution in [0, 0.1) is 0 Å². The molecule has 2 heterocycles. The van der Waals surface area contributed by atoms with Gasteiger partial charge in [-0.2, -0.15) is 5.10 Å². The van der Waals surface area contributed by atoms with Gasteiger partial charge in [0.2, 0.25) is 0 Å². The number of carbonyl (C=O) groups excluding carboxylic acids is 2. The minimum absolute atomic E-state index is 0.396. The molecule has 2 amide bonds. The molecule has 0 radical (unpaired) electrons. The number of carbonyl (C=O) groups is 2. The Morgan fingerprint density at radius 1 is 0.885 bits per heavy atom. The lowest BCUT2D eigenvalue weighted by Gasteiger charge is -2.11. The van der Waals surface area contributed by atoms with E-state index in [2.05, 4.69) is 20.9 Å². The number of fused-ring (bicyclic) bond motifs is 1. The lowest BCUT2D eigenvalue weighted by atomic mass is 10.1. The van der Waals surface area contributed by atoms with Gasteiger partial charge in [-0.25, -0.2) is 4.68 Å². The molecule has 7 nitrogen and oxygen atoms in total. The molecule has 3 N–H and O–H groups in total. The third-order valence-corrected chi connectivity index (χ3v) is 4.02. The second kappa shape index (κ2) is 6.56. The summed E-state index contributed by atoms with van der Waals surface area (Å²) in [7, 11) is 0. The lowest BCUT2D eigenvalue weighted by Crippen LogP contribution is -2.41. The van der Waals surface area contributed by atoms with Crippen LogP contribution >= 0.6 is 0 Å². The second-order valence-corrected chi connectivity index (χ2v) is 5.62. The van der Waals surface area contributed by atoms with Gasteiger partial charge < -0.3 is 4.98 Å². The monoisotopic (exact) mass is 345 g/mol. The number of hydrogen-bond acceptors (Lipinski definition) is 3. The zero-order chi connectivity index (χ0) is 17.9. The standard InChI is InChI=1S/C19H15N5O2/c25-18(14-7-2-4-9-17(14)24-11-5-10-21-24)22-23-19(26)15-12-20-16-8-3-1-6-13(15)16/h1-12,20H,(H,22,25)(H,23,26). The average molecular weight is 345 g/mol. The Morgan fingerprint density at radius 3 is 2.42 bits per heavy atom. The molecule has 0 bridgehead atoms. The Hall–Kier alpha value is -3.87. The first kappa shape index (κ1) is 15.6. The van der Waals surface area contributed by atoms with E-state index in [0.29, 0.717) is 16.8 Å². The van der Waals surface area contributed by atoms with Crippen LogP contribution in [0.1, 0.15) is 20.7 Å². The minimum atomic E-state index is -0.427. The SMILES string of the molecule is O=C(NNC(=O)c1c[nH]c2ccccc12)c1ccccc1-n1cccn1. The van der Waals surface area contributed by atoms with Gasteiger partial charge in [-0.05, 0) is 24.3 Å². The van der Waals surface area contributed by atoms with Crippen molar-refractivity contribution in [2.45, 2.75) is 0 Å². The van der Waals surface area contributed by atoms with Crippen LogP contribution in [0.2, 0.25) is 0 Å². The molecule has 2 aromatic heterocycles. The molecule has 128 valence electrons. The topological polar surface area (TPSA) is 91.8 Å². The van der Waals surface area contributed by atoms with Gasteiger partial charge in [-0.15, -0.1) is 0 Å². The fraction of sp³-hybridized carbons (Fsp3) is 0. The number of aromatic amines is 1. The molecule has 26 heavy (non-hydrogen) atoms. The van der Waals surface area contributed by atoms with Gasteiger partial charge in [0, 0.05) is 29.5 Å². The van der Waals surface area contributed by atoms with Crippen LogP contribution in [0.5, 0.6) is 0 Å². The first-order valence-electron chi connectivity index (χ1n) is 8.00. The summed E-state index contributed by atoms with van der Waals surface area (Å²) in [6.07, 6.45) is 4.99. The quantitative estimate of drug-likeness (QED) is 0.498. The summed E-state index contributed by atoms with van der Waals surface area (Å²) in [5, 5.41) is 4.93. The lowest BCUT2D eigenvalue weighted by molar-refractivity contribution is 0.0847. The van der Waals surface area contributed by atoms with Crippen molar-refractivity contribution in [1.29, 1.82) is 0 Å². The third kappa shape index (κ3) is 2.82. The summed E-state index contributed by atoms with van der Waals surface area (Å²) in [6, 6.07) is 16.3. The van der Waals surface area contributed by atoms with E-state index in [0.717, 1.165) is 10.9 Å². The van der Waals surface area contributed by atoms with E-state index in [1.54, 1.807) is 47.5 Å². The van der Waals surface area contributed by atoms with Crippen LogP contribution in [0.3, 0.4) is 0 Å². The highest BCUT2D eigenvalue weighted by Crippen LogP contribution is 2.17. The highest BCUT2D eigenvalue weighted by Gasteiger charge is 2.15. The Labute approximate surface area is 148 Å². The molecule has 0 aliphatic heterocycles. The molecule has 0 saturated carbocycles. The molecule has 0 unspecified atom stereocenters. The van der Waals surface area contributed by atoms with Crippen molar-refractivity contribution in [2.75, 3.05) is 0 Å². The number of amides is 2. The summed E-state index contributed by atoms with van der Waals surface area (Å²) >= 11 is 0. The van der Waals surface area contributed by atoms with Gasteiger partial charge in [-0.1, -0.05) is 30.3 Å². The fourth-order valence-electron chi connectivity index (χ4n) is 2.78. The highest BCUT2D eigenvalue weighted by atomic mass is 16.2. The van der Waals surface area contributed by atoms with E-state index in [1.165, 1.54) is 0 Å². The Bertz CT molecular complexity index is 1080. The zero-order valence-corrected chi connectivity index (χ0v) is 13.6. The third-order valence-electron chi connectivity index (χ3n) is 4.02. The molecule has 4 aromatic rings. The van der Waals surface area contributed by atoms with Gasteiger partial charge in [0.1, 0.15) is 0 Å². The van der Waals surface area contributed by atoms with Crippen LogP contribution in [-0.4, -0.2) is 26.6 Å². The molecule has 0 atom stereocenters. The Morgan fingerprint density at radius 2 is 1.62 bits per heavy atom. The van der Waals surface area contributed by atoms with Gasteiger partial charge in [-0.3, -0.25) is 20.4 Å². The molecule has 2 aromatic carbocycles. The number of H-pyrrole nitrogens is 1. The number of hydrogen-bond donors (Lipinski definition) is 3. The molecule has 7 heteroatoms. The number of hydrazine groups is 1. The minimum Gasteiger partial charge on any atom is -0.360 e. The van der Waals surface area contributed by atoms with E-state index in [-0.39, 0.29) is 0 Å². The number of para-hydroxylation sites is 2. The fourth-order valence-corrected chi connectivity index (χ4v) is 2.78. The van der Waals surface area contributed by atoms with E-state index in [4.69, 9.17) is 0 Å². The van der Waals surface area contributed by atoms with E-state index >= 15 is 0 Å². The molecule has 0 aliphatic rings. The van der Waals surface area contributed by atoms with Crippen LogP contribution in [0.4, 0.5) is 0 Å². The van der Waals surface area contributed by atoms with Gasteiger partial charge in [0.15, 0.2) is 0 Å². The normalized spacial score (nSPS) is 10.6. The summed E-state index contributed by atoms with van der Waals surface area (Å²) < 4.78 is 1.59.